The second-order valence-electron chi connectivity index (χ2n) is 4.67. The number of carbonyl (C=O) groups excluding carboxylic acids is 1. The molecule has 3 N–H and O–H groups in total. The van der Waals surface area contributed by atoms with Crippen LogP contribution in [-0.2, 0) is 6.42 Å². The summed E-state index contributed by atoms with van der Waals surface area (Å²) in [5.74, 6) is -0.121. The Hall–Kier alpha value is -2.40. The molecule has 2 aromatic heterocycles. The van der Waals surface area contributed by atoms with Crippen molar-refractivity contribution >= 4 is 33.0 Å². The first-order chi connectivity index (χ1) is 10.3. The van der Waals surface area contributed by atoms with Crippen LogP contribution in [0.5, 0.6) is 0 Å². The molecule has 2 heterocycles. The molecule has 0 saturated carbocycles. The van der Waals surface area contributed by atoms with Crippen molar-refractivity contribution in [2.24, 2.45) is 0 Å². The van der Waals surface area contributed by atoms with Gasteiger partial charge in [-0.2, -0.15) is 0 Å². The minimum atomic E-state index is -0.121. The molecule has 1 aromatic carbocycles. The van der Waals surface area contributed by atoms with Crippen LogP contribution < -0.4 is 11.1 Å². The molecule has 0 atom stereocenters. The van der Waals surface area contributed by atoms with Crippen LogP contribution in [0.15, 0.2) is 48.7 Å². The van der Waals surface area contributed by atoms with Crippen LogP contribution in [0.3, 0.4) is 0 Å². The van der Waals surface area contributed by atoms with Crippen LogP contribution in [0.2, 0.25) is 0 Å². The van der Waals surface area contributed by atoms with E-state index in [9.17, 15) is 4.79 Å². The van der Waals surface area contributed by atoms with Crippen molar-refractivity contribution in [1.29, 1.82) is 0 Å². The molecule has 21 heavy (non-hydrogen) atoms. The molecule has 0 aliphatic heterocycles. The molecule has 1 amide bonds. The van der Waals surface area contributed by atoms with Gasteiger partial charge in [0.2, 0.25) is 0 Å². The van der Waals surface area contributed by atoms with E-state index in [2.05, 4.69) is 10.3 Å². The first kappa shape index (κ1) is 13.6. The predicted molar refractivity (Wildman–Crippen MR) is 86.5 cm³/mol. The fraction of sp³-hybridized carbons (Fsp3) is 0.125. The quantitative estimate of drug-likeness (QED) is 0.778. The molecule has 0 aliphatic carbocycles. The first-order valence-electron chi connectivity index (χ1n) is 6.71. The number of nitrogens with zero attached hydrogens (tertiary/aromatic N) is 1. The normalized spacial score (nSPS) is 10.7. The Kier molecular flexibility index (Phi) is 3.83. The summed E-state index contributed by atoms with van der Waals surface area (Å²) in [6.45, 7) is 0.545. The highest BCUT2D eigenvalue weighted by Crippen LogP contribution is 2.33. The highest BCUT2D eigenvalue weighted by Gasteiger charge is 2.15. The molecule has 0 unspecified atom stereocenters. The van der Waals surface area contributed by atoms with Crippen molar-refractivity contribution < 1.29 is 4.79 Å². The van der Waals surface area contributed by atoms with Gasteiger partial charge in [-0.25, -0.2) is 0 Å². The highest BCUT2D eigenvalue weighted by molar-refractivity contribution is 7.21. The Morgan fingerprint density at radius 1 is 1.19 bits per heavy atom. The van der Waals surface area contributed by atoms with Gasteiger partial charge in [0.1, 0.15) is 4.88 Å². The zero-order chi connectivity index (χ0) is 14.7. The largest absolute Gasteiger partial charge is 0.397 e. The van der Waals surface area contributed by atoms with Crippen molar-refractivity contribution in [3.63, 3.8) is 0 Å². The van der Waals surface area contributed by atoms with Gasteiger partial charge in [-0.15, -0.1) is 11.3 Å². The van der Waals surface area contributed by atoms with Gasteiger partial charge in [-0.05, 0) is 18.2 Å². The first-order valence-corrected chi connectivity index (χ1v) is 7.52. The van der Waals surface area contributed by atoms with Gasteiger partial charge in [0.25, 0.3) is 5.91 Å². The summed E-state index contributed by atoms with van der Waals surface area (Å²) in [6, 6.07) is 13.5. The van der Waals surface area contributed by atoms with E-state index in [1.165, 1.54) is 11.3 Å². The van der Waals surface area contributed by atoms with Crippen LogP contribution in [-0.4, -0.2) is 17.4 Å². The molecule has 4 nitrogen and oxygen atoms in total. The number of thiophene rings is 1. The summed E-state index contributed by atoms with van der Waals surface area (Å²) in [7, 11) is 0. The minimum Gasteiger partial charge on any atom is -0.397 e. The van der Waals surface area contributed by atoms with E-state index in [-0.39, 0.29) is 5.91 Å². The number of anilines is 1. The van der Waals surface area contributed by atoms with E-state index >= 15 is 0 Å². The molecule has 0 aliphatic rings. The van der Waals surface area contributed by atoms with Crippen molar-refractivity contribution in [2.45, 2.75) is 6.42 Å². The van der Waals surface area contributed by atoms with Gasteiger partial charge in [0.05, 0.1) is 5.69 Å². The van der Waals surface area contributed by atoms with Gasteiger partial charge >= 0.3 is 0 Å². The number of nitrogens with one attached hydrogen (secondary N) is 1. The van der Waals surface area contributed by atoms with Crippen LogP contribution in [0.4, 0.5) is 5.69 Å². The molecule has 3 rings (SSSR count). The Balaban J connectivity index is 1.68. The van der Waals surface area contributed by atoms with Crippen LogP contribution >= 0.6 is 11.3 Å². The van der Waals surface area contributed by atoms with Crippen LogP contribution in [0.25, 0.3) is 10.1 Å². The van der Waals surface area contributed by atoms with E-state index in [1.807, 2.05) is 42.5 Å². The third-order valence-electron chi connectivity index (χ3n) is 3.23. The zero-order valence-corrected chi connectivity index (χ0v) is 12.2. The lowest BCUT2D eigenvalue weighted by Gasteiger charge is -2.04. The number of nitrogens with two attached hydrogens (primary N) is 1. The molecule has 3 aromatic rings. The average Bonchev–Trinajstić information content (AvgIpc) is 2.86. The Bertz CT molecular complexity index is 768. The van der Waals surface area contributed by atoms with Gasteiger partial charge < -0.3 is 11.1 Å². The smallest absolute Gasteiger partial charge is 0.263 e. The Morgan fingerprint density at radius 2 is 2.00 bits per heavy atom. The summed E-state index contributed by atoms with van der Waals surface area (Å²) in [4.78, 5) is 17.0. The van der Waals surface area contributed by atoms with E-state index in [0.29, 0.717) is 23.5 Å². The van der Waals surface area contributed by atoms with Gasteiger partial charge in [-0.3, -0.25) is 9.78 Å². The third kappa shape index (κ3) is 2.87. The lowest BCUT2D eigenvalue weighted by atomic mass is 10.2. The Morgan fingerprint density at radius 3 is 2.76 bits per heavy atom. The maximum atomic E-state index is 12.2. The van der Waals surface area contributed by atoms with Gasteiger partial charge in [-0.1, -0.05) is 24.3 Å². The van der Waals surface area contributed by atoms with E-state index in [1.54, 1.807) is 6.20 Å². The fourth-order valence-corrected chi connectivity index (χ4v) is 3.20. The van der Waals surface area contributed by atoms with Crippen molar-refractivity contribution in [2.75, 3.05) is 12.3 Å². The van der Waals surface area contributed by atoms with E-state index < -0.39 is 0 Å². The second kappa shape index (κ2) is 5.93. The zero-order valence-electron chi connectivity index (χ0n) is 11.4. The number of hydrogen-bond acceptors (Lipinski definition) is 4. The second-order valence-corrected chi connectivity index (χ2v) is 5.72. The van der Waals surface area contributed by atoms with Gasteiger partial charge in [0, 0.05) is 34.9 Å². The van der Waals surface area contributed by atoms with Gasteiger partial charge in [0.15, 0.2) is 0 Å². The molecule has 106 valence electrons. The lowest BCUT2D eigenvalue weighted by Crippen LogP contribution is -2.25. The standard InChI is InChI=1S/C16H15N3OS/c17-14-12-6-1-2-7-13(12)21-15(14)16(20)19-10-8-11-5-3-4-9-18-11/h1-7,9H,8,10,17H2,(H,19,20). The van der Waals surface area contributed by atoms with Crippen LogP contribution in [0.1, 0.15) is 15.4 Å². The van der Waals surface area contributed by atoms with E-state index in [4.69, 9.17) is 5.73 Å². The molecule has 5 heteroatoms. The molecular weight excluding hydrogens is 282 g/mol. The van der Waals surface area contributed by atoms with Crippen molar-refractivity contribution in [3.8, 4) is 0 Å². The summed E-state index contributed by atoms with van der Waals surface area (Å²) < 4.78 is 1.03. The fourth-order valence-electron chi connectivity index (χ4n) is 2.16. The van der Waals surface area contributed by atoms with Crippen molar-refractivity contribution in [1.82, 2.24) is 10.3 Å². The number of rotatable bonds is 4. The molecule has 0 saturated heterocycles. The van der Waals surface area contributed by atoms with Crippen LogP contribution in [0, 0.1) is 0 Å². The maximum Gasteiger partial charge on any atom is 0.263 e. The highest BCUT2D eigenvalue weighted by atomic mass is 32.1. The number of amides is 1. The minimum absolute atomic E-state index is 0.121. The maximum absolute atomic E-state index is 12.2. The number of hydrogen-bond donors (Lipinski definition) is 2. The number of benzene rings is 1. The number of carbonyl (C=O) groups is 1. The molecular formula is C16H15N3OS. The SMILES string of the molecule is Nc1c(C(=O)NCCc2ccccn2)sc2ccccc12. The Labute approximate surface area is 126 Å². The molecule has 0 radical (unpaired) electrons. The summed E-state index contributed by atoms with van der Waals surface area (Å²) in [5, 5.41) is 3.84. The summed E-state index contributed by atoms with van der Waals surface area (Å²) in [5.41, 5.74) is 7.58. The number of pyridine rings is 1. The van der Waals surface area contributed by atoms with Crippen molar-refractivity contribution in [3.05, 3.63) is 59.2 Å². The number of nitrogen functional groups attached to an aromatic ring is 1. The topological polar surface area (TPSA) is 68.0 Å². The number of fused-ring (bicyclic) bond motifs is 1. The molecule has 0 spiro atoms. The summed E-state index contributed by atoms with van der Waals surface area (Å²) in [6.07, 6.45) is 2.46. The lowest BCUT2D eigenvalue weighted by molar-refractivity contribution is 0.0959. The third-order valence-corrected chi connectivity index (χ3v) is 4.42. The average molecular weight is 297 g/mol. The van der Waals surface area contributed by atoms with E-state index in [0.717, 1.165) is 15.8 Å². The number of aromatic nitrogens is 1. The monoisotopic (exact) mass is 297 g/mol. The predicted octanol–water partition coefficient (Wildman–Crippen LogP) is 2.85. The molecule has 0 bridgehead atoms. The summed E-state index contributed by atoms with van der Waals surface area (Å²) >= 11 is 1.43. The molecule has 0 fully saturated rings.